The van der Waals surface area contributed by atoms with Gasteiger partial charge in [0, 0.05) is 23.8 Å². The van der Waals surface area contributed by atoms with E-state index in [0.29, 0.717) is 16.7 Å². The lowest BCUT2D eigenvalue weighted by Crippen LogP contribution is -2.37. The fourth-order valence-corrected chi connectivity index (χ4v) is 5.36. The maximum atomic E-state index is 12.3. The van der Waals surface area contributed by atoms with Gasteiger partial charge in [-0.05, 0) is 37.3 Å². The summed E-state index contributed by atoms with van der Waals surface area (Å²) in [5.41, 5.74) is 0. The van der Waals surface area contributed by atoms with E-state index in [-0.39, 0.29) is 5.38 Å². The summed E-state index contributed by atoms with van der Waals surface area (Å²) in [5.74, 6) is 0.415. The van der Waals surface area contributed by atoms with Crippen LogP contribution in [0.4, 0.5) is 0 Å². The smallest absolute Gasteiger partial charge is 0.206 e. The lowest BCUT2D eigenvalue weighted by Gasteiger charge is -2.33. The van der Waals surface area contributed by atoms with Crippen molar-refractivity contribution in [3.63, 3.8) is 0 Å². The summed E-state index contributed by atoms with van der Waals surface area (Å²) in [4.78, 5) is 1.10. The number of rotatable bonds is 5. The van der Waals surface area contributed by atoms with Gasteiger partial charge in [-0.2, -0.15) is 4.31 Å². The van der Waals surface area contributed by atoms with E-state index in [1.54, 1.807) is 13.1 Å². The lowest BCUT2D eigenvalue weighted by atomic mass is 9.85. The third-order valence-corrected chi connectivity index (χ3v) is 7.22. The van der Waals surface area contributed by atoms with Crippen LogP contribution in [-0.2, 0) is 16.4 Å². The van der Waals surface area contributed by atoms with Crippen molar-refractivity contribution in [2.75, 3.05) is 13.6 Å². The average Bonchev–Trinajstić information content (AvgIpc) is 2.75. The van der Waals surface area contributed by atoms with Gasteiger partial charge in [-0.25, -0.2) is 8.42 Å². The Kier molecular flexibility index (Phi) is 4.36. The highest BCUT2D eigenvalue weighted by Gasteiger charge is 2.32. The highest BCUT2D eigenvalue weighted by molar-refractivity contribution is 7.91. The van der Waals surface area contributed by atoms with E-state index in [1.807, 2.05) is 13.0 Å². The van der Waals surface area contributed by atoms with E-state index >= 15 is 0 Å². The molecule has 102 valence electrons. The summed E-state index contributed by atoms with van der Waals surface area (Å²) in [7, 11) is -1.65. The van der Waals surface area contributed by atoms with E-state index in [4.69, 9.17) is 11.6 Å². The van der Waals surface area contributed by atoms with Crippen molar-refractivity contribution in [1.82, 2.24) is 4.31 Å². The Hall–Kier alpha value is -0.100. The van der Waals surface area contributed by atoms with Crippen LogP contribution in [-0.4, -0.2) is 31.7 Å². The molecular formula is C12H18ClNO2S2. The molecule has 0 spiro atoms. The van der Waals surface area contributed by atoms with Crippen LogP contribution in [0.3, 0.4) is 0 Å². The van der Waals surface area contributed by atoms with Crippen molar-refractivity contribution in [2.24, 2.45) is 5.92 Å². The number of halogens is 1. The number of aryl methyl sites for hydroxylation is 1. The number of alkyl halides is 1. The molecule has 1 aromatic heterocycles. The molecule has 0 aromatic carbocycles. The Labute approximate surface area is 118 Å². The molecule has 0 saturated heterocycles. The monoisotopic (exact) mass is 307 g/mol. The van der Waals surface area contributed by atoms with Crippen LogP contribution in [0.15, 0.2) is 16.3 Å². The lowest BCUT2D eigenvalue weighted by molar-refractivity contribution is 0.269. The SMILES string of the molecule is CCc1ccc(S(=O)(=O)N(C)CC2CC(Cl)C2)s1. The van der Waals surface area contributed by atoms with Crippen LogP contribution >= 0.6 is 22.9 Å². The first kappa shape index (κ1) is 14.3. The van der Waals surface area contributed by atoms with Gasteiger partial charge in [0.15, 0.2) is 0 Å². The summed E-state index contributed by atoms with van der Waals surface area (Å²) >= 11 is 7.28. The minimum atomic E-state index is -3.31. The molecule has 1 heterocycles. The van der Waals surface area contributed by atoms with E-state index < -0.39 is 10.0 Å². The number of nitrogens with zero attached hydrogens (tertiary/aromatic N) is 1. The molecule has 18 heavy (non-hydrogen) atoms. The molecule has 1 aliphatic rings. The van der Waals surface area contributed by atoms with Gasteiger partial charge >= 0.3 is 0 Å². The van der Waals surface area contributed by atoms with Crippen molar-refractivity contribution in [1.29, 1.82) is 0 Å². The molecule has 0 radical (unpaired) electrons. The van der Waals surface area contributed by atoms with Crippen molar-refractivity contribution in [3.05, 3.63) is 17.0 Å². The minimum Gasteiger partial charge on any atom is -0.206 e. The average molecular weight is 308 g/mol. The van der Waals surface area contributed by atoms with Crippen LogP contribution in [0.25, 0.3) is 0 Å². The van der Waals surface area contributed by atoms with Crippen molar-refractivity contribution in [2.45, 2.75) is 35.8 Å². The second-order valence-corrected chi connectivity index (χ2v) is 8.85. The van der Waals surface area contributed by atoms with Crippen molar-refractivity contribution in [3.8, 4) is 0 Å². The van der Waals surface area contributed by atoms with Crippen molar-refractivity contribution >= 4 is 33.0 Å². The second kappa shape index (κ2) is 5.49. The quantitative estimate of drug-likeness (QED) is 0.784. The Balaban J connectivity index is 2.05. The predicted molar refractivity (Wildman–Crippen MR) is 75.9 cm³/mol. The molecule has 2 rings (SSSR count). The maximum Gasteiger partial charge on any atom is 0.252 e. The molecule has 1 saturated carbocycles. The van der Waals surface area contributed by atoms with Crippen LogP contribution < -0.4 is 0 Å². The maximum absolute atomic E-state index is 12.3. The second-order valence-electron chi connectivity index (χ2n) is 4.79. The first-order valence-corrected chi connectivity index (χ1v) is 8.82. The summed E-state index contributed by atoms with van der Waals surface area (Å²) in [6, 6.07) is 3.60. The largest absolute Gasteiger partial charge is 0.252 e. The van der Waals surface area contributed by atoms with Gasteiger partial charge in [0.05, 0.1) is 0 Å². The normalized spacial score (nSPS) is 24.2. The molecule has 0 N–H and O–H groups in total. The van der Waals surface area contributed by atoms with Crippen molar-refractivity contribution < 1.29 is 8.42 Å². The van der Waals surface area contributed by atoms with Gasteiger partial charge in [0.2, 0.25) is 0 Å². The highest BCUT2D eigenvalue weighted by atomic mass is 35.5. The Morgan fingerprint density at radius 2 is 2.11 bits per heavy atom. The number of sulfonamides is 1. The van der Waals surface area contributed by atoms with Gasteiger partial charge in [-0.1, -0.05) is 6.92 Å². The van der Waals surface area contributed by atoms with E-state index in [0.717, 1.165) is 24.1 Å². The van der Waals surface area contributed by atoms with Gasteiger partial charge in [0.1, 0.15) is 4.21 Å². The molecule has 1 aromatic rings. The van der Waals surface area contributed by atoms with Gasteiger partial charge in [-0.15, -0.1) is 22.9 Å². The highest BCUT2D eigenvalue weighted by Crippen LogP contribution is 2.33. The molecule has 0 aliphatic heterocycles. The standard InChI is InChI=1S/C12H18ClNO2S2/c1-3-11-4-5-12(17-11)18(15,16)14(2)8-9-6-10(13)7-9/h4-5,9-10H,3,6-8H2,1-2H3. The van der Waals surface area contributed by atoms with Crippen LogP contribution in [0.5, 0.6) is 0 Å². The predicted octanol–water partition coefficient (Wildman–Crippen LogP) is 2.95. The van der Waals surface area contributed by atoms with Gasteiger partial charge < -0.3 is 0 Å². The minimum absolute atomic E-state index is 0.236. The third kappa shape index (κ3) is 2.90. The molecule has 6 heteroatoms. The van der Waals surface area contributed by atoms with Crippen LogP contribution in [0.1, 0.15) is 24.6 Å². The molecule has 0 atom stereocenters. The zero-order valence-electron chi connectivity index (χ0n) is 10.6. The topological polar surface area (TPSA) is 37.4 Å². The number of hydrogen-bond acceptors (Lipinski definition) is 3. The number of hydrogen-bond donors (Lipinski definition) is 0. The molecule has 1 aliphatic carbocycles. The van der Waals surface area contributed by atoms with E-state index in [2.05, 4.69) is 0 Å². The zero-order valence-corrected chi connectivity index (χ0v) is 13.0. The van der Waals surface area contributed by atoms with Gasteiger partial charge in [0.25, 0.3) is 10.0 Å². The number of thiophene rings is 1. The van der Waals surface area contributed by atoms with E-state index in [1.165, 1.54) is 15.6 Å². The molecule has 1 fully saturated rings. The zero-order chi connectivity index (χ0) is 13.3. The summed E-state index contributed by atoms with van der Waals surface area (Å²) in [6.07, 6.45) is 2.72. The Morgan fingerprint density at radius 1 is 1.44 bits per heavy atom. The fraction of sp³-hybridized carbons (Fsp3) is 0.667. The third-order valence-electron chi connectivity index (χ3n) is 3.34. The summed E-state index contributed by atoms with van der Waals surface area (Å²) < 4.78 is 26.6. The first-order chi connectivity index (χ1) is 8.43. The first-order valence-electron chi connectivity index (χ1n) is 6.12. The molecule has 0 bridgehead atoms. The Bertz CT molecular complexity index is 506. The Morgan fingerprint density at radius 3 is 2.61 bits per heavy atom. The van der Waals surface area contributed by atoms with Gasteiger partial charge in [-0.3, -0.25) is 0 Å². The molecule has 0 unspecified atom stereocenters. The summed E-state index contributed by atoms with van der Waals surface area (Å²) in [6.45, 7) is 2.60. The van der Waals surface area contributed by atoms with E-state index in [9.17, 15) is 8.42 Å². The molecule has 3 nitrogen and oxygen atoms in total. The molecular weight excluding hydrogens is 290 g/mol. The fourth-order valence-electron chi connectivity index (χ4n) is 2.11. The molecule has 0 amide bonds. The van der Waals surface area contributed by atoms with Crippen LogP contribution in [0, 0.1) is 5.92 Å². The van der Waals surface area contributed by atoms with Crippen LogP contribution in [0.2, 0.25) is 0 Å². The summed E-state index contributed by atoms with van der Waals surface area (Å²) in [5, 5.41) is 0.236.